The van der Waals surface area contributed by atoms with Crippen LogP contribution in [0.3, 0.4) is 0 Å². The first-order valence-corrected chi connectivity index (χ1v) is 6.46. The SMILES string of the molecule is Cc1nn(C)c(C)c1OCC(=O)NCC(C)CCO. The molecule has 0 radical (unpaired) electrons. The minimum absolute atomic E-state index is 0.0147. The van der Waals surface area contributed by atoms with Gasteiger partial charge in [-0.3, -0.25) is 9.48 Å². The summed E-state index contributed by atoms with van der Waals surface area (Å²) in [7, 11) is 1.84. The summed E-state index contributed by atoms with van der Waals surface area (Å²) in [5.41, 5.74) is 1.68. The van der Waals surface area contributed by atoms with Gasteiger partial charge in [0.25, 0.3) is 5.91 Å². The summed E-state index contributed by atoms with van der Waals surface area (Å²) in [5.74, 6) is 0.768. The maximum absolute atomic E-state index is 11.6. The summed E-state index contributed by atoms with van der Waals surface area (Å²) in [6, 6.07) is 0. The standard InChI is InChI=1S/C13H23N3O3/c1-9(5-6-17)7-14-12(18)8-19-13-10(2)15-16(4)11(13)3/h9,17H,5-8H2,1-4H3,(H,14,18). The lowest BCUT2D eigenvalue weighted by Gasteiger charge is -2.11. The molecule has 19 heavy (non-hydrogen) atoms. The molecule has 2 N–H and O–H groups in total. The van der Waals surface area contributed by atoms with Gasteiger partial charge in [-0.1, -0.05) is 6.92 Å². The quantitative estimate of drug-likeness (QED) is 0.758. The van der Waals surface area contributed by atoms with Gasteiger partial charge < -0.3 is 15.2 Å². The Bertz CT molecular complexity index is 429. The van der Waals surface area contributed by atoms with Crippen molar-refractivity contribution in [3.05, 3.63) is 11.4 Å². The molecule has 0 saturated carbocycles. The number of hydrogen-bond acceptors (Lipinski definition) is 4. The molecule has 1 atom stereocenters. The van der Waals surface area contributed by atoms with Gasteiger partial charge in [0.15, 0.2) is 12.4 Å². The van der Waals surface area contributed by atoms with Gasteiger partial charge in [-0.25, -0.2) is 0 Å². The molecule has 6 heteroatoms. The van der Waals surface area contributed by atoms with E-state index in [1.54, 1.807) is 4.68 Å². The minimum atomic E-state index is -0.160. The number of nitrogens with zero attached hydrogens (tertiary/aromatic N) is 2. The van der Waals surface area contributed by atoms with Crippen LogP contribution in [-0.2, 0) is 11.8 Å². The summed E-state index contributed by atoms with van der Waals surface area (Å²) in [5, 5.41) is 15.8. The second-order valence-corrected chi connectivity index (χ2v) is 4.83. The third kappa shape index (κ3) is 4.55. The molecular weight excluding hydrogens is 246 g/mol. The van der Waals surface area contributed by atoms with Crippen LogP contribution in [0.2, 0.25) is 0 Å². The van der Waals surface area contributed by atoms with Crippen LogP contribution in [0.15, 0.2) is 0 Å². The second-order valence-electron chi connectivity index (χ2n) is 4.83. The topological polar surface area (TPSA) is 76.4 Å². The van der Waals surface area contributed by atoms with E-state index in [0.29, 0.717) is 18.7 Å². The molecule has 0 aliphatic carbocycles. The molecule has 108 valence electrons. The Balaban J connectivity index is 2.38. The molecule has 1 unspecified atom stereocenters. The Morgan fingerprint density at radius 3 is 2.74 bits per heavy atom. The fourth-order valence-corrected chi connectivity index (χ4v) is 1.76. The molecule has 1 rings (SSSR count). The van der Waals surface area contributed by atoms with E-state index in [-0.39, 0.29) is 25.0 Å². The summed E-state index contributed by atoms with van der Waals surface area (Å²) in [4.78, 5) is 11.6. The van der Waals surface area contributed by atoms with Crippen molar-refractivity contribution in [2.24, 2.45) is 13.0 Å². The highest BCUT2D eigenvalue weighted by molar-refractivity contribution is 5.77. The summed E-state index contributed by atoms with van der Waals surface area (Å²) < 4.78 is 7.23. The predicted molar refractivity (Wildman–Crippen MR) is 72.1 cm³/mol. The van der Waals surface area contributed by atoms with E-state index in [1.165, 1.54) is 0 Å². The van der Waals surface area contributed by atoms with Gasteiger partial charge in [-0.05, 0) is 26.2 Å². The molecule has 0 saturated heterocycles. The number of hydrogen-bond donors (Lipinski definition) is 2. The fraction of sp³-hybridized carbons (Fsp3) is 0.692. The minimum Gasteiger partial charge on any atom is -0.480 e. The summed E-state index contributed by atoms with van der Waals surface area (Å²) >= 11 is 0. The number of aromatic nitrogens is 2. The van der Waals surface area contributed by atoms with Crippen molar-refractivity contribution in [3.63, 3.8) is 0 Å². The van der Waals surface area contributed by atoms with Crippen molar-refractivity contribution in [1.29, 1.82) is 0 Å². The zero-order valence-electron chi connectivity index (χ0n) is 12.1. The highest BCUT2D eigenvalue weighted by Gasteiger charge is 2.12. The molecule has 0 aromatic carbocycles. The van der Waals surface area contributed by atoms with Gasteiger partial charge in [0.05, 0.1) is 5.69 Å². The average molecular weight is 269 g/mol. The molecule has 6 nitrogen and oxygen atoms in total. The molecule has 1 aromatic heterocycles. The maximum Gasteiger partial charge on any atom is 0.257 e. The Hall–Kier alpha value is -1.56. The number of amides is 1. The van der Waals surface area contributed by atoms with Crippen LogP contribution in [0.4, 0.5) is 0 Å². The van der Waals surface area contributed by atoms with Crippen molar-refractivity contribution in [2.75, 3.05) is 19.8 Å². The molecule has 0 spiro atoms. The van der Waals surface area contributed by atoms with Gasteiger partial charge in [0.2, 0.25) is 0 Å². The smallest absolute Gasteiger partial charge is 0.257 e. The van der Waals surface area contributed by atoms with Crippen LogP contribution in [0.25, 0.3) is 0 Å². The van der Waals surface area contributed by atoms with Crippen molar-refractivity contribution >= 4 is 5.91 Å². The largest absolute Gasteiger partial charge is 0.480 e. The van der Waals surface area contributed by atoms with Gasteiger partial charge >= 0.3 is 0 Å². The summed E-state index contributed by atoms with van der Waals surface area (Å²) in [6.45, 7) is 6.40. The number of aliphatic hydroxyl groups excluding tert-OH is 1. The number of aliphatic hydroxyl groups is 1. The molecular formula is C13H23N3O3. The Morgan fingerprint density at radius 2 is 2.21 bits per heavy atom. The highest BCUT2D eigenvalue weighted by Crippen LogP contribution is 2.20. The number of carbonyl (C=O) groups is 1. The maximum atomic E-state index is 11.6. The van der Waals surface area contributed by atoms with E-state index in [0.717, 1.165) is 11.4 Å². The van der Waals surface area contributed by atoms with Crippen LogP contribution < -0.4 is 10.1 Å². The van der Waals surface area contributed by atoms with E-state index in [9.17, 15) is 4.79 Å². The first-order valence-electron chi connectivity index (χ1n) is 6.46. The van der Waals surface area contributed by atoms with E-state index in [1.807, 2.05) is 27.8 Å². The van der Waals surface area contributed by atoms with Crippen molar-refractivity contribution in [1.82, 2.24) is 15.1 Å². The first kappa shape index (κ1) is 15.5. The van der Waals surface area contributed by atoms with Crippen LogP contribution in [0.1, 0.15) is 24.7 Å². The molecule has 0 aliphatic heterocycles. The van der Waals surface area contributed by atoms with E-state index >= 15 is 0 Å². The molecule has 1 aromatic rings. The van der Waals surface area contributed by atoms with E-state index in [2.05, 4.69) is 10.4 Å². The van der Waals surface area contributed by atoms with Crippen molar-refractivity contribution in [2.45, 2.75) is 27.2 Å². The first-order chi connectivity index (χ1) is 8.95. The lowest BCUT2D eigenvalue weighted by atomic mass is 10.1. The van der Waals surface area contributed by atoms with Gasteiger partial charge in [-0.2, -0.15) is 5.10 Å². The monoisotopic (exact) mass is 269 g/mol. The van der Waals surface area contributed by atoms with Crippen molar-refractivity contribution < 1.29 is 14.6 Å². The Labute approximate surface area is 113 Å². The van der Waals surface area contributed by atoms with Crippen LogP contribution in [0, 0.1) is 19.8 Å². The number of carbonyl (C=O) groups excluding carboxylic acids is 1. The van der Waals surface area contributed by atoms with Crippen molar-refractivity contribution in [3.8, 4) is 5.75 Å². The van der Waals surface area contributed by atoms with Gasteiger partial charge in [-0.15, -0.1) is 0 Å². The lowest BCUT2D eigenvalue weighted by molar-refractivity contribution is -0.123. The molecule has 0 bridgehead atoms. The number of aryl methyl sites for hydroxylation is 2. The van der Waals surface area contributed by atoms with Gasteiger partial charge in [0, 0.05) is 20.2 Å². The summed E-state index contributed by atoms with van der Waals surface area (Å²) in [6.07, 6.45) is 0.682. The average Bonchev–Trinajstić information content (AvgIpc) is 2.59. The van der Waals surface area contributed by atoms with E-state index < -0.39 is 0 Å². The Morgan fingerprint density at radius 1 is 1.53 bits per heavy atom. The molecule has 1 heterocycles. The number of nitrogens with one attached hydrogen (secondary N) is 1. The Kier molecular flexibility index (Phi) is 5.82. The number of ether oxygens (including phenoxy) is 1. The third-order valence-electron chi connectivity index (χ3n) is 3.06. The van der Waals surface area contributed by atoms with E-state index in [4.69, 9.17) is 9.84 Å². The molecule has 0 aliphatic rings. The normalized spacial score (nSPS) is 12.3. The zero-order chi connectivity index (χ0) is 14.4. The number of rotatable bonds is 7. The zero-order valence-corrected chi connectivity index (χ0v) is 12.1. The van der Waals surface area contributed by atoms with Crippen LogP contribution in [0.5, 0.6) is 5.75 Å². The molecule has 1 amide bonds. The van der Waals surface area contributed by atoms with Gasteiger partial charge in [0.1, 0.15) is 5.69 Å². The van der Waals surface area contributed by atoms with Crippen LogP contribution in [-0.4, -0.2) is 40.6 Å². The van der Waals surface area contributed by atoms with Crippen LogP contribution >= 0.6 is 0 Å². The second kappa shape index (κ2) is 7.13. The fourth-order valence-electron chi connectivity index (χ4n) is 1.76. The highest BCUT2D eigenvalue weighted by atomic mass is 16.5. The lowest BCUT2D eigenvalue weighted by Crippen LogP contribution is -2.32. The molecule has 0 fully saturated rings. The third-order valence-corrected chi connectivity index (χ3v) is 3.06. The predicted octanol–water partition coefficient (Wildman–Crippen LogP) is 0.550.